The minimum atomic E-state index is -0.815. The van der Waals surface area contributed by atoms with E-state index in [-0.39, 0.29) is 17.9 Å². The number of furan rings is 1. The van der Waals surface area contributed by atoms with Gasteiger partial charge in [0.25, 0.3) is 11.7 Å². The quantitative estimate of drug-likeness (QED) is 0.416. The third-order valence-corrected chi connectivity index (χ3v) is 5.08. The van der Waals surface area contributed by atoms with Gasteiger partial charge in [-0.1, -0.05) is 23.8 Å². The van der Waals surface area contributed by atoms with Crippen molar-refractivity contribution in [3.8, 4) is 0 Å². The summed E-state index contributed by atoms with van der Waals surface area (Å²) in [6, 6.07) is 11.8. The van der Waals surface area contributed by atoms with Crippen molar-refractivity contribution in [3.63, 3.8) is 0 Å². The molecule has 1 atom stereocenters. The summed E-state index contributed by atoms with van der Waals surface area (Å²) < 4.78 is 5.55. The first kappa shape index (κ1) is 18.7. The minimum absolute atomic E-state index is 0.0301. The van der Waals surface area contributed by atoms with Crippen LogP contribution in [0, 0.1) is 13.8 Å². The Bertz CT molecular complexity index is 1100. The molecule has 3 heterocycles. The van der Waals surface area contributed by atoms with Crippen molar-refractivity contribution in [3.05, 3.63) is 94.7 Å². The van der Waals surface area contributed by atoms with Gasteiger partial charge < -0.3 is 14.4 Å². The van der Waals surface area contributed by atoms with Gasteiger partial charge in [-0.3, -0.25) is 14.6 Å². The van der Waals surface area contributed by atoms with Gasteiger partial charge in [-0.25, -0.2) is 0 Å². The first-order valence-electron chi connectivity index (χ1n) is 9.25. The zero-order chi connectivity index (χ0) is 20.5. The average Bonchev–Trinajstić information content (AvgIpc) is 3.33. The molecule has 0 aliphatic carbocycles. The molecule has 1 N–H and O–H groups in total. The van der Waals surface area contributed by atoms with Crippen LogP contribution >= 0.6 is 0 Å². The van der Waals surface area contributed by atoms with Gasteiger partial charge in [-0.05, 0) is 49.2 Å². The molecule has 4 rings (SSSR count). The molecule has 29 heavy (non-hydrogen) atoms. The fourth-order valence-electron chi connectivity index (χ4n) is 3.61. The van der Waals surface area contributed by atoms with Crippen LogP contribution < -0.4 is 0 Å². The number of rotatable bonds is 4. The maximum Gasteiger partial charge on any atom is 0.296 e. The standard InChI is InChI=1S/C23H20N2O4/c1-14-7-8-15(2)17(11-14)21(26)19-20(18-6-4-10-29-18)25(23(28)22(19)27)13-16-5-3-9-24-12-16/h3-12,20,26H,13H2,1-2H3/t20-/m1/s1. The predicted octanol–water partition coefficient (Wildman–Crippen LogP) is 3.91. The molecular formula is C23H20N2O4. The lowest BCUT2D eigenvalue weighted by Crippen LogP contribution is -2.29. The number of carbonyl (C=O) groups is 2. The summed E-state index contributed by atoms with van der Waals surface area (Å²) in [5, 5.41) is 11.1. The van der Waals surface area contributed by atoms with E-state index in [0.29, 0.717) is 11.3 Å². The highest BCUT2D eigenvalue weighted by molar-refractivity contribution is 6.46. The summed E-state index contributed by atoms with van der Waals surface area (Å²) in [6.45, 7) is 3.93. The largest absolute Gasteiger partial charge is 0.507 e. The molecule has 1 aliphatic heterocycles. The smallest absolute Gasteiger partial charge is 0.296 e. The van der Waals surface area contributed by atoms with Crippen molar-refractivity contribution < 1.29 is 19.1 Å². The number of Topliss-reactive ketones (excluding diaryl/α,β-unsaturated/α-hetero) is 1. The monoisotopic (exact) mass is 388 g/mol. The van der Waals surface area contributed by atoms with Crippen LogP contribution in [0.5, 0.6) is 0 Å². The van der Waals surface area contributed by atoms with E-state index in [1.165, 1.54) is 11.2 Å². The van der Waals surface area contributed by atoms with Crippen LogP contribution in [0.15, 0.2) is 71.1 Å². The van der Waals surface area contributed by atoms with Gasteiger partial charge >= 0.3 is 0 Å². The Hall–Kier alpha value is -3.67. The Morgan fingerprint density at radius 3 is 2.69 bits per heavy atom. The molecule has 0 unspecified atom stereocenters. The predicted molar refractivity (Wildman–Crippen MR) is 107 cm³/mol. The number of carbonyl (C=O) groups excluding carboxylic acids is 2. The van der Waals surface area contributed by atoms with E-state index in [4.69, 9.17) is 4.42 Å². The molecule has 0 bridgehead atoms. The number of aryl methyl sites for hydroxylation is 2. The van der Waals surface area contributed by atoms with Crippen molar-refractivity contribution in [2.45, 2.75) is 26.4 Å². The van der Waals surface area contributed by atoms with E-state index < -0.39 is 17.7 Å². The number of hydrogen-bond donors (Lipinski definition) is 1. The van der Waals surface area contributed by atoms with Gasteiger partial charge in [0, 0.05) is 24.5 Å². The molecule has 3 aromatic rings. The number of likely N-dealkylation sites (tertiary alicyclic amines) is 1. The number of pyridine rings is 1. The number of ketones is 1. The third kappa shape index (κ3) is 3.33. The van der Waals surface area contributed by atoms with Gasteiger partial charge in [-0.2, -0.15) is 0 Å². The molecule has 1 fully saturated rings. The molecule has 1 amide bonds. The van der Waals surface area contributed by atoms with Crippen LogP contribution in [-0.4, -0.2) is 26.7 Å². The maximum atomic E-state index is 13.0. The summed E-state index contributed by atoms with van der Waals surface area (Å²) in [6.07, 6.45) is 4.77. The molecule has 146 valence electrons. The molecule has 0 radical (unpaired) electrons. The Kier molecular flexibility index (Phi) is 4.76. The van der Waals surface area contributed by atoms with E-state index in [0.717, 1.165) is 16.7 Å². The van der Waals surface area contributed by atoms with E-state index in [1.54, 1.807) is 36.7 Å². The normalized spacial score (nSPS) is 18.4. The van der Waals surface area contributed by atoms with Crippen molar-refractivity contribution in [1.82, 2.24) is 9.88 Å². The Labute approximate surface area is 168 Å². The van der Waals surface area contributed by atoms with Crippen LogP contribution in [0.25, 0.3) is 5.76 Å². The molecule has 2 aromatic heterocycles. The lowest BCUT2D eigenvalue weighted by atomic mass is 9.96. The summed E-state index contributed by atoms with van der Waals surface area (Å²) in [5.74, 6) is -1.18. The fraction of sp³-hybridized carbons (Fsp3) is 0.174. The Morgan fingerprint density at radius 1 is 1.17 bits per heavy atom. The van der Waals surface area contributed by atoms with Gasteiger partial charge in [-0.15, -0.1) is 0 Å². The second-order valence-electron chi connectivity index (χ2n) is 7.12. The minimum Gasteiger partial charge on any atom is -0.507 e. The maximum absolute atomic E-state index is 13.0. The summed E-state index contributed by atoms with van der Waals surface area (Å²) >= 11 is 0. The van der Waals surface area contributed by atoms with Crippen LogP contribution in [0.4, 0.5) is 0 Å². The molecular weight excluding hydrogens is 368 g/mol. The van der Waals surface area contributed by atoms with E-state index in [1.807, 2.05) is 32.0 Å². The second-order valence-corrected chi connectivity index (χ2v) is 7.12. The zero-order valence-corrected chi connectivity index (χ0v) is 16.1. The number of aliphatic hydroxyl groups is 1. The molecule has 1 saturated heterocycles. The molecule has 0 saturated carbocycles. The number of benzene rings is 1. The summed E-state index contributed by atoms with van der Waals surface area (Å²) in [4.78, 5) is 31.3. The van der Waals surface area contributed by atoms with Gasteiger partial charge in [0.05, 0.1) is 11.8 Å². The zero-order valence-electron chi connectivity index (χ0n) is 16.1. The van der Waals surface area contributed by atoms with E-state index in [9.17, 15) is 14.7 Å². The molecule has 0 spiro atoms. The Balaban J connectivity index is 1.87. The highest BCUT2D eigenvalue weighted by atomic mass is 16.3. The summed E-state index contributed by atoms with van der Waals surface area (Å²) in [7, 11) is 0. The van der Waals surface area contributed by atoms with Crippen molar-refractivity contribution in [2.24, 2.45) is 0 Å². The highest BCUT2D eigenvalue weighted by Crippen LogP contribution is 2.40. The van der Waals surface area contributed by atoms with Crippen molar-refractivity contribution in [2.75, 3.05) is 0 Å². The number of amides is 1. The average molecular weight is 388 g/mol. The SMILES string of the molecule is Cc1ccc(C)c(C(O)=C2C(=O)C(=O)N(Cc3cccnc3)[C@@H]2c2ccco2)c1. The number of hydrogen-bond acceptors (Lipinski definition) is 5. The van der Waals surface area contributed by atoms with E-state index >= 15 is 0 Å². The summed E-state index contributed by atoms with van der Waals surface area (Å²) in [5.41, 5.74) is 3.09. The molecule has 1 aliphatic rings. The highest BCUT2D eigenvalue weighted by Gasteiger charge is 2.47. The number of aromatic nitrogens is 1. The van der Waals surface area contributed by atoms with Crippen LogP contribution in [0.2, 0.25) is 0 Å². The molecule has 1 aromatic carbocycles. The number of aliphatic hydroxyl groups excluding tert-OH is 1. The van der Waals surface area contributed by atoms with Crippen LogP contribution in [-0.2, 0) is 16.1 Å². The fourth-order valence-corrected chi connectivity index (χ4v) is 3.61. The van der Waals surface area contributed by atoms with Crippen molar-refractivity contribution >= 4 is 17.4 Å². The van der Waals surface area contributed by atoms with Gasteiger partial charge in [0.1, 0.15) is 17.6 Å². The first-order chi connectivity index (χ1) is 14.0. The molecule has 6 nitrogen and oxygen atoms in total. The van der Waals surface area contributed by atoms with E-state index in [2.05, 4.69) is 4.98 Å². The van der Waals surface area contributed by atoms with Gasteiger partial charge in [0.15, 0.2) is 0 Å². The lowest BCUT2D eigenvalue weighted by molar-refractivity contribution is -0.140. The van der Waals surface area contributed by atoms with Crippen molar-refractivity contribution in [1.29, 1.82) is 0 Å². The van der Waals surface area contributed by atoms with Gasteiger partial charge in [0.2, 0.25) is 0 Å². The first-order valence-corrected chi connectivity index (χ1v) is 9.25. The Morgan fingerprint density at radius 2 is 2.00 bits per heavy atom. The third-order valence-electron chi connectivity index (χ3n) is 5.08. The van der Waals surface area contributed by atoms with Crippen LogP contribution in [0.3, 0.4) is 0 Å². The number of nitrogens with zero attached hydrogens (tertiary/aromatic N) is 2. The topological polar surface area (TPSA) is 83.6 Å². The second kappa shape index (κ2) is 7.39. The molecule has 6 heteroatoms. The lowest BCUT2D eigenvalue weighted by Gasteiger charge is -2.23. The van der Waals surface area contributed by atoms with Crippen LogP contribution in [0.1, 0.15) is 34.1 Å².